The lowest BCUT2D eigenvalue weighted by atomic mass is 10.1. The molecule has 3 rings (SSSR count). The first-order valence-corrected chi connectivity index (χ1v) is 7.59. The Balaban J connectivity index is 0.00000161. The van der Waals surface area contributed by atoms with E-state index in [2.05, 4.69) is 21.4 Å². The van der Waals surface area contributed by atoms with Crippen molar-refractivity contribution in [3.05, 3.63) is 42.6 Å². The fraction of sp³-hybridized carbons (Fsp3) is 0.500. The van der Waals surface area contributed by atoms with Gasteiger partial charge in [-0.1, -0.05) is 31.7 Å². The van der Waals surface area contributed by atoms with Crippen LogP contribution in [0, 0.1) is 0 Å². The molecule has 0 unspecified atom stereocenters. The zero-order chi connectivity index (χ0) is 13.6. The third-order valence-corrected chi connectivity index (χ3v) is 4.05. The first-order valence-electron chi connectivity index (χ1n) is 7.59. The number of rotatable bonds is 4. The van der Waals surface area contributed by atoms with Crippen LogP contribution in [-0.4, -0.2) is 20.6 Å². The van der Waals surface area contributed by atoms with Crippen LogP contribution < -0.4 is 5.32 Å². The highest BCUT2D eigenvalue weighted by molar-refractivity contribution is 5.85. The molecule has 114 valence electrons. The third kappa shape index (κ3) is 4.29. The summed E-state index contributed by atoms with van der Waals surface area (Å²) in [7, 11) is 0. The van der Waals surface area contributed by atoms with E-state index in [1.807, 2.05) is 23.0 Å². The zero-order valence-corrected chi connectivity index (χ0v) is 13.1. The van der Waals surface area contributed by atoms with Crippen LogP contribution in [0.4, 0.5) is 0 Å². The van der Waals surface area contributed by atoms with Crippen molar-refractivity contribution in [1.29, 1.82) is 0 Å². The molecule has 1 aliphatic rings. The highest BCUT2D eigenvalue weighted by Crippen LogP contribution is 2.18. The summed E-state index contributed by atoms with van der Waals surface area (Å²) in [6.45, 7) is 0.881. The van der Waals surface area contributed by atoms with Crippen LogP contribution in [0.5, 0.6) is 0 Å². The Bertz CT molecular complexity index is 519. The molecule has 1 saturated carbocycles. The molecule has 5 heteroatoms. The molecule has 4 nitrogen and oxygen atoms in total. The Morgan fingerprint density at radius 1 is 1.14 bits per heavy atom. The highest BCUT2D eigenvalue weighted by atomic mass is 35.5. The lowest BCUT2D eigenvalue weighted by molar-refractivity contribution is 0.458. The topological polar surface area (TPSA) is 42.7 Å². The van der Waals surface area contributed by atoms with Gasteiger partial charge in [0.05, 0.1) is 0 Å². The molecule has 2 aromatic heterocycles. The minimum atomic E-state index is 0. The summed E-state index contributed by atoms with van der Waals surface area (Å²) < 4.78 is 1.98. The summed E-state index contributed by atoms with van der Waals surface area (Å²) >= 11 is 0. The molecule has 0 amide bonds. The normalized spacial score (nSPS) is 16.2. The van der Waals surface area contributed by atoms with Gasteiger partial charge in [0.15, 0.2) is 0 Å². The predicted octanol–water partition coefficient (Wildman–Crippen LogP) is 3.50. The molecule has 0 spiro atoms. The van der Waals surface area contributed by atoms with Crippen molar-refractivity contribution in [2.24, 2.45) is 0 Å². The van der Waals surface area contributed by atoms with Crippen molar-refractivity contribution in [3.63, 3.8) is 0 Å². The maximum atomic E-state index is 4.49. The molecule has 21 heavy (non-hydrogen) atoms. The Morgan fingerprint density at radius 2 is 1.95 bits per heavy atom. The second-order valence-electron chi connectivity index (χ2n) is 5.53. The quantitative estimate of drug-likeness (QED) is 0.879. The Labute approximate surface area is 132 Å². The zero-order valence-electron chi connectivity index (χ0n) is 12.2. The summed E-state index contributed by atoms with van der Waals surface area (Å²) in [4.78, 5) is 8.59. The van der Waals surface area contributed by atoms with E-state index in [1.165, 1.54) is 44.1 Å². The van der Waals surface area contributed by atoms with Crippen molar-refractivity contribution in [3.8, 4) is 5.82 Å². The van der Waals surface area contributed by atoms with Crippen LogP contribution in [0.2, 0.25) is 0 Å². The lowest BCUT2D eigenvalue weighted by Crippen LogP contribution is -2.28. The van der Waals surface area contributed by atoms with E-state index in [-0.39, 0.29) is 12.4 Å². The molecular formula is C16H23ClN4. The van der Waals surface area contributed by atoms with Crippen LogP contribution >= 0.6 is 12.4 Å². The number of hydrogen-bond donors (Lipinski definition) is 1. The Hall–Kier alpha value is -1.39. The largest absolute Gasteiger partial charge is 0.310 e. The standard InChI is InChI=1S/C16H22N4.ClH/c1-2-4-8-15(7-3-1)19-12-14-6-5-9-18-16(14)20-11-10-17-13-20;/h5-6,9-11,13,15,19H,1-4,7-8,12H2;1H. The molecule has 2 heterocycles. The third-order valence-electron chi connectivity index (χ3n) is 4.05. The SMILES string of the molecule is Cl.c1cnc(-n2ccnc2)c(CNC2CCCCCC2)c1. The van der Waals surface area contributed by atoms with E-state index >= 15 is 0 Å². The highest BCUT2D eigenvalue weighted by Gasteiger charge is 2.12. The van der Waals surface area contributed by atoms with Gasteiger partial charge in [-0.3, -0.25) is 4.57 Å². The van der Waals surface area contributed by atoms with E-state index < -0.39 is 0 Å². The van der Waals surface area contributed by atoms with Crippen LogP contribution in [0.25, 0.3) is 5.82 Å². The van der Waals surface area contributed by atoms with Crippen LogP contribution in [-0.2, 0) is 6.54 Å². The average molecular weight is 307 g/mol. The maximum absolute atomic E-state index is 4.49. The molecule has 2 aromatic rings. The number of nitrogens with one attached hydrogen (secondary N) is 1. The molecule has 1 fully saturated rings. The molecule has 0 aromatic carbocycles. The van der Waals surface area contributed by atoms with Gasteiger partial charge in [0.25, 0.3) is 0 Å². The fourth-order valence-corrected chi connectivity index (χ4v) is 2.92. The molecular weight excluding hydrogens is 284 g/mol. The molecule has 0 saturated heterocycles. The maximum Gasteiger partial charge on any atom is 0.142 e. The molecule has 1 N–H and O–H groups in total. The summed E-state index contributed by atoms with van der Waals surface area (Å²) in [5.41, 5.74) is 1.23. The predicted molar refractivity (Wildman–Crippen MR) is 86.9 cm³/mol. The lowest BCUT2D eigenvalue weighted by Gasteiger charge is -2.17. The van der Waals surface area contributed by atoms with Crippen molar-refractivity contribution in [2.45, 2.75) is 51.1 Å². The van der Waals surface area contributed by atoms with E-state index in [9.17, 15) is 0 Å². The van der Waals surface area contributed by atoms with Gasteiger partial charge in [-0.25, -0.2) is 9.97 Å². The number of nitrogens with zero attached hydrogens (tertiary/aromatic N) is 3. The molecule has 0 radical (unpaired) electrons. The number of imidazole rings is 1. The van der Waals surface area contributed by atoms with E-state index in [4.69, 9.17) is 0 Å². The summed E-state index contributed by atoms with van der Waals surface area (Å²) in [5.74, 6) is 0.978. The van der Waals surface area contributed by atoms with Gasteiger partial charge < -0.3 is 5.32 Å². The number of hydrogen-bond acceptors (Lipinski definition) is 3. The summed E-state index contributed by atoms with van der Waals surface area (Å²) in [6, 6.07) is 4.81. The second kappa shape index (κ2) is 8.15. The smallest absolute Gasteiger partial charge is 0.142 e. The fourth-order valence-electron chi connectivity index (χ4n) is 2.92. The van der Waals surface area contributed by atoms with Gasteiger partial charge >= 0.3 is 0 Å². The molecule has 0 aliphatic heterocycles. The minimum Gasteiger partial charge on any atom is -0.310 e. The van der Waals surface area contributed by atoms with Crippen molar-refractivity contribution < 1.29 is 0 Å². The first-order chi connectivity index (χ1) is 9.93. The Morgan fingerprint density at radius 3 is 2.67 bits per heavy atom. The number of aromatic nitrogens is 3. The van der Waals surface area contributed by atoms with E-state index in [1.54, 1.807) is 12.5 Å². The molecule has 0 atom stereocenters. The summed E-state index contributed by atoms with van der Waals surface area (Å²) in [5, 5.41) is 3.71. The summed E-state index contributed by atoms with van der Waals surface area (Å²) in [6.07, 6.45) is 15.5. The molecule has 0 bridgehead atoms. The van der Waals surface area contributed by atoms with Crippen molar-refractivity contribution >= 4 is 12.4 Å². The average Bonchev–Trinajstić information content (AvgIpc) is 2.89. The van der Waals surface area contributed by atoms with Gasteiger partial charge in [0.1, 0.15) is 12.1 Å². The monoisotopic (exact) mass is 306 g/mol. The Kier molecular flexibility index (Phi) is 6.21. The van der Waals surface area contributed by atoms with Gasteiger partial charge in [-0.15, -0.1) is 12.4 Å². The second-order valence-corrected chi connectivity index (χ2v) is 5.53. The minimum absolute atomic E-state index is 0. The van der Waals surface area contributed by atoms with Crippen molar-refractivity contribution in [1.82, 2.24) is 19.9 Å². The van der Waals surface area contributed by atoms with Gasteiger partial charge in [-0.2, -0.15) is 0 Å². The van der Waals surface area contributed by atoms with Crippen molar-refractivity contribution in [2.75, 3.05) is 0 Å². The van der Waals surface area contributed by atoms with Crippen LogP contribution in [0.15, 0.2) is 37.1 Å². The first kappa shape index (κ1) is 16.0. The van der Waals surface area contributed by atoms with E-state index in [0.29, 0.717) is 6.04 Å². The number of pyridine rings is 1. The molecule has 1 aliphatic carbocycles. The van der Waals surface area contributed by atoms with Gasteiger partial charge in [0, 0.05) is 36.7 Å². The van der Waals surface area contributed by atoms with Crippen LogP contribution in [0.1, 0.15) is 44.1 Å². The van der Waals surface area contributed by atoms with Crippen LogP contribution in [0.3, 0.4) is 0 Å². The van der Waals surface area contributed by atoms with E-state index in [0.717, 1.165) is 12.4 Å². The van der Waals surface area contributed by atoms with Gasteiger partial charge in [0.2, 0.25) is 0 Å². The van der Waals surface area contributed by atoms with Gasteiger partial charge in [-0.05, 0) is 18.9 Å². The number of halogens is 1.